The number of carbonyl (C=O) groups excluding carboxylic acids is 2. The normalized spacial score (nSPS) is 26.8. The zero-order valence-electron chi connectivity index (χ0n) is 11.3. The lowest BCUT2D eigenvalue weighted by Gasteiger charge is -2.27. The fourth-order valence-electron chi connectivity index (χ4n) is 2.81. The summed E-state index contributed by atoms with van der Waals surface area (Å²) in [5.74, 6) is -0.309. The zero-order chi connectivity index (χ0) is 13.1. The van der Waals surface area contributed by atoms with Crippen molar-refractivity contribution in [3.8, 4) is 0 Å². The number of rotatable bonds is 2. The molecule has 1 aliphatic carbocycles. The Hall–Kier alpha value is -1.32. The fraction of sp³-hybridized carbons (Fsp3) is 0.714. The van der Waals surface area contributed by atoms with Crippen LogP contribution in [0.25, 0.3) is 0 Å². The van der Waals surface area contributed by atoms with E-state index in [0.29, 0.717) is 0 Å². The van der Waals surface area contributed by atoms with Crippen molar-refractivity contribution < 1.29 is 9.59 Å². The molecule has 0 spiro atoms. The maximum Gasteiger partial charge on any atom is 0.233 e. The summed E-state index contributed by atoms with van der Waals surface area (Å²) in [5, 5.41) is 0. The van der Waals surface area contributed by atoms with Gasteiger partial charge in [-0.05, 0) is 32.1 Å². The summed E-state index contributed by atoms with van der Waals surface area (Å²) in [7, 11) is 3.82. The number of carbonyl (C=O) groups is 2. The van der Waals surface area contributed by atoms with Crippen LogP contribution in [0.2, 0.25) is 0 Å². The van der Waals surface area contributed by atoms with Crippen LogP contribution in [-0.4, -0.2) is 48.7 Å². The number of amides is 1. The first kappa shape index (κ1) is 13.1. The lowest BCUT2D eigenvalue weighted by atomic mass is 9.83. The Bertz CT molecular complexity index is 368. The van der Waals surface area contributed by atoms with E-state index in [0.717, 1.165) is 50.8 Å². The van der Waals surface area contributed by atoms with Crippen LogP contribution in [0.4, 0.5) is 0 Å². The molecule has 1 amide bonds. The van der Waals surface area contributed by atoms with Crippen molar-refractivity contribution >= 4 is 11.7 Å². The van der Waals surface area contributed by atoms with Gasteiger partial charge >= 0.3 is 0 Å². The molecule has 4 heteroatoms. The lowest BCUT2D eigenvalue weighted by Crippen LogP contribution is -2.39. The Labute approximate surface area is 109 Å². The van der Waals surface area contributed by atoms with Crippen molar-refractivity contribution in [2.45, 2.75) is 32.1 Å². The first-order chi connectivity index (χ1) is 8.59. The zero-order valence-corrected chi connectivity index (χ0v) is 11.3. The molecule has 100 valence electrons. The van der Waals surface area contributed by atoms with Crippen molar-refractivity contribution in [1.29, 1.82) is 0 Å². The molecule has 2 aliphatic rings. The number of ketones is 1. The minimum atomic E-state index is -0.414. The molecule has 1 saturated heterocycles. The standard InChI is InChI=1S/C14H22N2O2/c1-15(2)10-11-6-5-7-12(13(11)17)14(18)16-8-3-4-9-16/h10,12H,3-9H2,1-2H3. The Morgan fingerprint density at radius 1 is 1.28 bits per heavy atom. The molecule has 1 atom stereocenters. The highest BCUT2D eigenvalue weighted by Gasteiger charge is 2.35. The highest BCUT2D eigenvalue weighted by atomic mass is 16.2. The van der Waals surface area contributed by atoms with Crippen molar-refractivity contribution in [3.05, 3.63) is 11.8 Å². The van der Waals surface area contributed by atoms with E-state index < -0.39 is 5.92 Å². The second-order valence-electron chi connectivity index (χ2n) is 5.46. The van der Waals surface area contributed by atoms with Gasteiger partial charge in [-0.25, -0.2) is 0 Å². The SMILES string of the molecule is CN(C)C=C1CCCC(C(=O)N2CCCC2)C1=O. The fourth-order valence-corrected chi connectivity index (χ4v) is 2.81. The molecule has 1 saturated carbocycles. The smallest absolute Gasteiger partial charge is 0.233 e. The van der Waals surface area contributed by atoms with Crippen molar-refractivity contribution in [1.82, 2.24) is 9.80 Å². The van der Waals surface area contributed by atoms with Gasteiger partial charge in [0.25, 0.3) is 0 Å². The van der Waals surface area contributed by atoms with Gasteiger partial charge in [-0.2, -0.15) is 0 Å². The predicted octanol–water partition coefficient (Wildman–Crippen LogP) is 1.42. The van der Waals surface area contributed by atoms with Gasteiger partial charge in [0.1, 0.15) is 5.92 Å². The quantitative estimate of drug-likeness (QED) is 0.550. The van der Waals surface area contributed by atoms with Crippen molar-refractivity contribution in [3.63, 3.8) is 0 Å². The van der Waals surface area contributed by atoms with Crippen LogP contribution in [-0.2, 0) is 9.59 Å². The van der Waals surface area contributed by atoms with Crippen LogP contribution in [0.3, 0.4) is 0 Å². The maximum absolute atomic E-state index is 12.3. The molecule has 1 heterocycles. The van der Waals surface area contributed by atoms with E-state index in [-0.39, 0.29) is 11.7 Å². The molecule has 4 nitrogen and oxygen atoms in total. The molecule has 0 bridgehead atoms. The molecule has 0 radical (unpaired) electrons. The molecule has 2 rings (SSSR count). The monoisotopic (exact) mass is 250 g/mol. The molecular formula is C14H22N2O2. The Morgan fingerprint density at radius 2 is 1.94 bits per heavy atom. The average molecular weight is 250 g/mol. The van der Waals surface area contributed by atoms with Gasteiger partial charge in [0.2, 0.25) is 5.91 Å². The van der Waals surface area contributed by atoms with E-state index in [1.54, 1.807) is 0 Å². The van der Waals surface area contributed by atoms with E-state index in [1.807, 2.05) is 30.1 Å². The number of Topliss-reactive ketones (excluding diaryl/α,β-unsaturated/α-hetero) is 1. The Balaban J connectivity index is 2.08. The molecule has 1 aliphatic heterocycles. The topological polar surface area (TPSA) is 40.6 Å². The Kier molecular flexibility index (Phi) is 4.04. The van der Waals surface area contributed by atoms with Crippen LogP contribution in [0.15, 0.2) is 11.8 Å². The molecule has 0 aromatic heterocycles. The first-order valence-corrected chi connectivity index (χ1v) is 6.79. The van der Waals surface area contributed by atoms with Gasteiger partial charge in [-0.3, -0.25) is 9.59 Å². The second-order valence-corrected chi connectivity index (χ2v) is 5.46. The number of allylic oxidation sites excluding steroid dienone is 1. The molecule has 18 heavy (non-hydrogen) atoms. The molecular weight excluding hydrogens is 228 g/mol. The molecule has 0 aromatic rings. The lowest BCUT2D eigenvalue weighted by molar-refractivity contribution is -0.140. The highest BCUT2D eigenvalue weighted by molar-refractivity contribution is 6.10. The summed E-state index contributed by atoms with van der Waals surface area (Å²) in [5.41, 5.74) is 0.809. The van der Waals surface area contributed by atoms with E-state index >= 15 is 0 Å². The molecule has 0 N–H and O–H groups in total. The van der Waals surface area contributed by atoms with Crippen LogP contribution >= 0.6 is 0 Å². The van der Waals surface area contributed by atoms with Gasteiger partial charge in [-0.1, -0.05) is 0 Å². The van der Waals surface area contributed by atoms with Crippen LogP contribution in [0.1, 0.15) is 32.1 Å². The van der Waals surface area contributed by atoms with Gasteiger partial charge in [0, 0.05) is 39.0 Å². The number of nitrogens with zero attached hydrogens (tertiary/aromatic N) is 2. The summed E-state index contributed by atoms with van der Waals surface area (Å²) >= 11 is 0. The second kappa shape index (κ2) is 5.55. The number of hydrogen-bond donors (Lipinski definition) is 0. The molecule has 1 unspecified atom stereocenters. The highest BCUT2D eigenvalue weighted by Crippen LogP contribution is 2.28. The average Bonchev–Trinajstić information content (AvgIpc) is 2.84. The maximum atomic E-state index is 12.3. The largest absolute Gasteiger partial charge is 0.383 e. The van der Waals surface area contributed by atoms with Crippen molar-refractivity contribution in [2.24, 2.45) is 5.92 Å². The third-order valence-corrected chi connectivity index (χ3v) is 3.70. The molecule has 2 fully saturated rings. The minimum Gasteiger partial charge on any atom is -0.383 e. The molecule has 0 aromatic carbocycles. The summed E-state index contributed by atoms with van der Waals surface area (Å²) in [4.78, 5) is 28.4. The van der Waals surface area contributed by atoms with Gasteiger partial charge < -0.3 is 9.80 Å². The van der Waals surface area contributed by atoms with Crippen LogP contribution < -0.4 is 0 Å². The van der Waals surface area contributed by atoms with Gasteiger partial charge in [0.05, 0.1) is 0 Å². The number of hydrogen-bond acceptors (Lipinski definition) is 3. The first-order valence-electron chi connectivity index (χ1n) is 6.79. The third-order valence-electron chi connectivity index (χ3n) is 3.70. The van der Waals surface area contributed by atoms with Crippen LogP contribution in [0.5, 0.6) is 0 Å². The van der Waals surface area contributed by atoms with Gasteiger partial charge in [-0.15, -0.1) is 0 Å². The Morgan fingerprint density at radius 3 is 2.56 bits per heavy atom. The summed E-state index contributed by atoms with van der Waals surface area (Å²) < 4.78 is 0. The van der Waals surface area contributed by atoms with E-state index in [2.05, 4.69) is 0 Å². The summed E-state index contributed by atoms with van der Waals surface area (Å²) in [6.07, 6.45) is 6.49. The minimum absolute atomic E-state index is 0.0480. The number of likely N-dealkylation sites (tertiary alicyclic amines) is 1. The van der Waals surface area contributed by atoms with Crippen LogP contribution in [0, 0.1) is 5.92 Å². The summed E-state index contributed by atoms with van der Waals surface area (Å²) in [6, 6.07) is 0. The van der Waals surface area contributed by atoms with E-state index in [9.17, 15) is 9.59 Å². The van der Waals surface area contributed by atoms with Gasteiger partial charge in [0.15, 0.2) is 5.78 Å². The van der Waals surface area contributed by atoms with E-state index in [1.165, 1.54) is 0 Å². The van der Waals surface area contributed by atoms with Crippen molar-refractivity contribution in [2.75, 3.05) is 27.2 Å². The predicted molar refractivity (Wildman–Crippen MR) is 69.9 cm³/mol. The summed E-state index contributed by atoms with van der Waals surface area (Å²) in [6.45, 7) is 1.66. The van der Waals surface area contributed by atoms with E-state index in [4.69, 9.17) is 0 Å². The third kappa shape index (κ3) is 2.74.